The number of sulfonamides is 1. The Morgan fingerprint density at radius 1 is 1.11 bits per heavy atom. The molecule has 0 radical (unpaired) electrons. The second kappa shape index (κ2) is 9.95. The standard InChI is InChI=1S/C22H30ClF3N4O4S/c1-15(22(24,25)26)34-21(31)28-7-5-27(6-8-28)10-16-3-4-19(23)9-20(16)29-11-17-13-30(35(2,32)33)14-18(17)12-29/h3-4,9,15,17-18H,5-8,10-14H2,1-2H3. The molecular weight excluding hydrogens is 509 g/mol. The first-order valence-electron chi connectivity index (χ1n) is 11.5. The summed E-state index contributed by atoms with van der Waals surface area (Å²) >= 11 is 6.30. The van der Waals surface area contributed by atoms with E-state index in [2.05, 4.69) is 14.5 Å². The Kier molecular flexibility index (Phi) is 7.48. The number of alkyl halides is 3. The third-order valence-electron chi connectivity index (χ3n) is 7.07. The molecule has 3 saturated heterocycles. The Morgan fingerprint density at radius 2 is 1.71 bits per heavy atom. The van der Waals surface area contributed by atoms with Gasteiger partial charge in [-0.3, -0.25) is 4.90 Å². The van der Waals surface area contributed by atoms with Crippen LogP contribution in [-0.4, -0.2) is 99.5 Å². The van der Waals surface area contributed by atoms with Gasteiger partial charge in [-0.05, 0) is 36.5 Å². The minimum absolute atomic E-state index is 0.269. The highest BCUT2D eigenvalue weighted by Gasteiger charge is 2.43. The van der Waals surface area contributed by atoms with Gasteiger partial charge < -0.3 is 14.5 Å². The maximum atomic E-state index is 12.7. The summed E-state index contributed by atoms with van der Waals surface area (Å²) in [5, 5.41) is 0.616. The summed E-state index contributed by atoms with van der Waals surface area (Å²) in [5.41, 5.74) is 2.08. The molecule has 8 nitrogen and oxygen atoms in total. The van der Waals surface area contributed by atoms with E-state index in [1.165, 1.54) is 11.2 Å². The zero-order valence-corrected chi connectivity index (χ0v) is 21.2. The summed E-state index contributed by atoms with van der Waals surface area (Å²) in [6.45, 7) is 5.56. The Balaban J connectivity index is 1.35. The van der Waals surface area contributed by atoms with Gasteiger partial charge in [-0.2, -0.15) is 13.2 Å². The number of anilines is 1. The second-order valence-corrected chi connectivity index (χ2v) is 12.0. The molecule has 1 aromatic carbocycles. The number of rotatable bonds is 5. The molecule has 3 aliphatic rings. The first kappa shape index (κ1) is 26.3. The van der Waals surface area contributed by atoms with E-state index in [4.69, 9.17) is 11.6 Å². The molecule has 3 atom stereocenters. The van der Waals surface area contributed by atoms with Crippen LogP contribution in [0.5, 0.6) is 0 Å². The minimum Gasteiger partial charge on any atom is -0.437 e. The van der Waals surface area contributed by atoms with Crippen molar-refractivity contribution in [3.63, 3.8) is 0 Å². The topological polar surface area (TPSA) is 73.4 Å². The molecule has 35 heavy (non-hydrogen) atoms. The van der Waals surface area contributed by atoms with Crippen LogP contribution >= 0.6 is 11.6 Å². The lowest BCUT2D eigenvalue weighted by atomic mass is 10.0. The molecule has 3 aliphatic heterocycles. The quantitative estimate of drug-likeness (QED) is 0.574. The molecule has 1 aromatic rings. The fourth-order valence-electron chi connectivity index (χ4n) is 5.00. The van der Waals surface area contributed by atoms with Crippen LogP contribution < -0.4 is 4.90 Å². The fraction of sp³-hybridized carbons (Fsp3) is 0.682. The molecule has 1 amide bonds. The van der Waals surface area contributed by atoms with Gasteiger partial charge in [0.15, 0.2) is 6.10 Å². The number of piperazine rings is 1. The summed E-state index contributed by atoms with van der Waals surface area (Å²) in [5.74, 6) is 0.537. The maximum absolute atomic E-state index is 12.7. The zero-order chi connectivity index (χ0) is 25.5. The van der Waals surface area contributed by atoms with Gasteiger partial charge in [0, 0.05) is 69.6 Å². The summed E-state index contributed by atoms with van der Waals surface area (Å²) in [6, 6.07) is 5.73. The normalized spacial score (nSPS) is 25.1. The molecule has 3 fully saturated rings. The predicted octanol–water partition coefficient (Wildman–Crippen LogP) is 2.87. The van der Waals surface area contributed by atoms with Crippen molar-refractivity contribution in [2.45, 2.75) is 25.7 Å². The number of nitrogens with zero attached hydrogens (tertiary/aromatic N) is 4. The molecule has 4 rings (SSSR count). The molecular formula is C22H30ClF3N4O4S. The van der Waals surface area contributed by atoms with Crippen LogP contribution in [0.3, 0.4) is 0 Å². The molecule has 0 spiro atoms. The second-order valence-electron chi connectivity index (χ2n) is 9.61. The van der Waals surface area contributed by atoms with Crippen molar-refractivity contribution in [1.82, 2.24) is 14.1 Å². The van der Waals surface area contributed by atoms with Gasteiger partial charge in [-0.15, -0.1) is 0 Å². The van der Waals surface area contributed by atoms with E-state index < -0.39 is 28.4 Å². The number of hydrogen-bond donors (Lipinski definition) is 0. The zero-order valence-electron chi connectivity index (χ0n) is 19.7. The van der Waals surface area contributed by atoms with Gasteiger partial charge in [0.1, 0.15) is 0 Å². The van der Waals surface area contributed by atoms with Crippen LogP contribution in [-0.2, 0) is 21.3 Å². The molecule has 196 valence electrons. The van der Waals surface area contributed by atoms with E-state index in [1.807, 2.05) is 18.2 Å². The molecule has 3 unspecified atom stereocenters. The van der Waals surface area contributed by atoms with E-state index >= 15 is 0 Å². The largest absolute Gasteiger partial charge is 0.437 e. The van der Waals surface area contributed by atoms with Crippen LogP contribution in [0.25, 0.3) is 0 Å². The Labute approximate surface area is 208 Å². The highest BCUT2D eigenvalue weighted by Crippen LogP contribution is 2.37. The Bertz CT molecular complexity index is 1040. The van der Waals surface area contributed by atoms with Gasteiger partial charge >= 0.3 is 12.3 Å². The fourth-order valence-corrected chi connectivity index (χ4v) is 6.10. The lowest BCUT2D eigenvalue weighted by Crippen LogP contribution is -2.49. The molecule has 0 aliphatic carbocycles. The SMILES string of the molecule is CC(OC(=O)N1CCN(Cc2ccc(Cl)cc2N2CC3CN(S(C)(=O)=O)CC3C2)CC1)C(F)(F)F. The van der Waals surface area contributed by atoms with E-state index in [-0.39, 0.29) is 24.9 Å². The monoisotopic (exact) mass is 538 g/mol. The molecule has 3 heterocycles. The predicted molar refractivity (Wildman–Crippen MR) is 126 cm³/mol. The van der Waals surface area contributed by atoms with E-state index in [0.29, 0.717) is 37.7 Å². The van der Waals surface area contributed by atoms with Crippen LogP contribution in [0.15, 0.2) is 18.2 Å². The van der Waals surface area contributed by atoms with Crippen molar-refractivity contribution >= 4 is 33.4 Å². The van der Waals surface area contributed by atoms with Gasteiger partial charge in [-0.25, -0.2) is 17.5 Å². The van der Waals surface area contributed by atoms with Crippen LogP contribution in [0.1, 0.15) is 12.5 Å². The number of fused-ring (bicyclic) bond motifs is 1. The molecule has 0 aromatic heterocycles. The highest BCUT2D eigenvalue weighted by molar-refractivity contribution is 7.88. The van der Waals surface area contributed by atoms with Gasteiger partial charge in [0.25, 0.3) is 0 Å². The van der Waals surface area contributed by atoms with Gasteiger partial charge in [-0.1, -0.05) is 17.7 Å². The van der Waals surface area contributed by atoms with Crippen molar-refractivity contribution in [1.29, 1.82) is 0 Å². The van der Waals surface area contributed by atoms with Crippen LogP contribution in [0.2, 0.25) is 5.02 Å². The lowest BCUT2D eigenvalue weighted by Gasteiger charge is -2.35. The first-order valence-corrected chi connectivity index (χ1v) is 13.8. The smallest absolute Gasteiger partial charge is 0.425 e. The number of carbonyl (C=O) groups excluding carboxylic acids is 1. The van der Waals surface area contributed by atoms with Gasteiger partial charge in [0.05, 0.1) is 6.26 Å². The van der Waals surface area contributed by atoms with E-state index in [1.54, 1.807) is 4.31 Å². The lowest BCUT2D eigenvalue weighted by molar-refractivity contribution is -0.200. The van der Waals surface area contributed by atoms with Crippen LogP contribution in [0.4, 0.5) is 23.7 Å². The van der Waals surface area contributed by atoms with E-state index in [9.17, 15) is 26.4 Å². The summed E-state index contributed by atoms with van der Waals surface area (Å²) in [4.78, 5) is 17.8. The van der Waals surface area contributed by atoms with Crippen molar-refractivity contribution in [2.75, 3.05) is 63.5 Å². The number of benzene rings is 1. The Morgan fingerprint density at radius 3 is 2.26 bits per heavy atom. The van der Waals surface area contributed by atoms with Crippen molar-refractivity contribution in [3.8, 4) is 0 Å². The van der Waals surface area contributed by atoms with Crippen molar-refractivity contribution in [3.05, 3.63) is 28.8 Å². The van der Waals surface area contributed by atoms with Crippen LogP contribution in [0, 0.1) is 11.8 Å². The number of amides is 1. The molecule has 0 saturated carbocycles. The number of carbonyl (C=O) groups is 1. The summed E-state index contributed by atoms with van der Waals surface area (Å²) in [6.07, 6.45) is -6.43. The maximum Gasteiger partial charge on any atom is 0.425 e. The van der Waals surface area contributed by atoms with E-state index in [0.717, 1.165) is 31.3 Å². The summed E-state index contributed by atoms with van der Waals surface area (Å²) < 4.78 is 67.9. The average Bonchev–Trinajstić information content (AvgIpc) is 3.34. The third kappa shape index (κ3) is 6.15. The molecule has 13 heteroatoms. The third-order valence-corrected chi connectivity index (χ3v) is 8.54. The molecule has 0 N–H and O–H groups in total. The number of ether oxygens (including phenoxy) is 1. The van der Waals surface area contributed by atoms with Crippen molar-refractivity contribution in [2.24, 2.45) is 11.8 Å². The van der Waals surface area contributed by atoms with Gasteiger partial charge in [0.2, 0.25) is 10.0 Å². The number of halogens is 4. The Hall–Kier alpha value is -1.76. The molecule has 0 bridgehead atoms. The first-order chi connectivity index (χ1) is 16.3. The number of hydrogen-bond acceptors (Lipinski definition) is 6. The average molecular weight is 539 g/mol. The minimum atomic E-state index is -4.58. The van der Waals surface area contributed by atoms with Crippen molar-refractivity contribution < 1.29 is 31.1 Å². The highest BCUT2D eigenvalue weighted by atomic mass is 35.5. The summed E-state index contributed by atoms with van der Waals surface area (Å²) in [7, 11) is -3.19.